The Morgan fingerprint density at radius 2 is 2.25 bits per heavy atom. The predicted octanol–water partition coefficient (Wildman–Crippen LogP) is 1.07. The van der Waals surface area contributed by atoms with E-state index in [1.165, 1.54) is 38.0 Å². The summed E-state index contributed by atoms with van der Waals surface area (Å²) >= 11 is 0. The van der Waals surface area contributed by atoms with E-state index in [0.717, 1.165) is 25.7 Å². The number of fused-ring (bicyclic) bond motifs is 1. The number of hydrogen-bond donors (Lipinski definition) is 1. The molecule has 2 saturated heterocycles. The molecule has 2 N–H and O–H groups in total. The first-order valence-corrected chi connectivity index (χ1v) is 8.01. The van der Waals surface area contributed by atoms with Gasteiger partial charge in [-0.05, 0) is 26.3 Å². The maximum Gasteiger partial charge on any atom is 0.0948 e. The van der Waals surface area contributed by atoms with Crippen molar-refractivity contribution >= 4 is 0 Å². The minimum absolute atomic E-state index is 0.321. The molecule has 3 rings (SSSR count). The third-order valence-electron chi connectivity index (χ3n) is 4.96. The summed E-state index contributed by atoms with van der Waals surface area (Å²) in [5.74, 6) is 0. The summed E-state index contributed by atoms with van der Waals surface area (Å²) < 4.78 is 2.23. The van der Waals surface area contributed by atoms with Crippen LogP contribution >= 0.6 is 0 Å². The van der Waals surface area contributed by atoms with E-state index in [9.17, 15) is 0 Å². The number of nitrogens with two attached hydrogens (primary N) is 1. The number of piperidine rings is 1. The van der Waals surface area contributed by atoms with E-state index in [1.54, 1.807) is 0 Å². The molecule has 0 spiro atoms. The minimum atomic E-state index is 0.321. The molecule has 1 aromatic rings. The first-order chi connectivity index (χ1) is 9.83. The second-order valence-electron chi connectivity index (χ2n) is 6.04. The number of rotatable bonds is 4. The fourth-order valence-electron chi connectivity index (χ4n) is 3.79. The lowest BCUT2D eigenvalue weighted by Crippen LogP contribution is -2.56. The molecule has 2 fully saturated rings. The average molecular weight is 277 g/mol. The molecule has 112 valence electrons. The largest absolute Gasteiger partial charge is 0.333 e. The zero-order valence-electron chi connectivity index (χ0n) is 12.5. The Hall–Kier alpha value is -0.910. The summed E-state index contributed by atoms with van der Waals surface area (Å²) in [7, 11) is 0. The van der Waals surface area contributed by atoms with Gasteiger partial charge >= 0.3 is 0 Å². The van der Waals surface area contributed by atoms with Gasteiger partial charge in [0.1, 0.15) is 0 Å². The van der Waals surface area contributed by atoms with Gasteiger partial charge in [-0.25, -0.2) is 4.98 Å². The fourth-order valence-corrected chi connectivity index (χ4v) is 3.79. The monoisotopic (exact) mass is 277 g/mol. The third-order valence-corrected chi connectivity index (χ3v) is 4.96. The molecule has 0 aliphatic carbocycles. The van der Waals surface area contributed by atoms with Crippen molar-refractivity contribution in [2.75, 3.05) is 32.7 Å². The van der Waals surface area contributed by atoms with E-state index in [1.807, 2.05) is 12.5 Å². The van der Waals surface area contributed by atoms with Crippen LogP contribution in [0, 0.1) is 0 Å². The van der Waals surface area contributed by atoms with Gasteiger partial charge in [0, 0.05) is 45.0 Å². The second-order valence-corrected chi connectivity index (χ2v) is 6.04. The summed E-state index contributed by atoms with van der Waals surface area (Å²) in [6, 6.07) is 1.06. The summed E-state index contributed by atoms with van der Waals surface area (Å²) in [5, 5.41) is 0. The smallest absolute Gasteiger partial charge is 0.0948 e. The highest BCUT2D eigenvalue weighted by Crippen LogP contribution is 2.27. The normalized spacial score (nSPS) is 26.4. The van der Waals surface area contributed by atoms with Gasteiger partial charge in [-0.3, -0.25) is 9.80 Å². The standard InChI is InChI=1S/C15H27N5/c1-2-18-12-17-10-15(18)14(9-16)20-8-7-19-6-4-3-5-13(19)11-20/h10,12-14H,2-9,11,16H2,1H3. The second kappa shape index (κ2) is 6.24. The van der Waals surface area contributed by atoms with Gasteiger partial charge < -0.3 is 10.3 Å². The Labute approximate surface area is 121 Å². The zero-order valence-corrected chi connectivity index (χ0v) is 12.5. The van der Waals surface area contributed by atoms with Gasteiger partial charge in [0.25, 0.3) is 0 Å². The molecule has 1 aromatic heterocycles. The van der Waals surface area contributed by atoms with Crippen molar-refractivity contribution in [1.82, 2.24) is 19.4 Å². The fraction of sp³-hybridized carbons (Fsp3) is 0.800. The molecular weight excluding hydrogens is 250 g/mol. The lowest BCUT2D eigenvalue weighted by Gasteiger charge is -2.46. The van der Waals surface area contributed by atoms with Gasteiger partial charge in [-0.2, -0.15) is 0 Å². The van der Waals surface area contributed by atoms with E-state index in [-0.39, 0.29) is 0 Å². The van der Waals surface area contributed by atoms with E-state index in [2.05, 4.69) is 26.3 Å². The number of imidazole rings is 1. The number of hydrogen-bond acceptors (Lipinski definition) is 4. The van der Waals surface area contributed by atoms with Crippen LogP contribution in [0.4, 0.5) is 0 Å². The molecule has 0 amide bonds. The summed E-state index contributed by atoms with van der Waals surface area (Å²) in [4.78, 5) is 9.56. The highest BCUT2D eigenvalue weighted by molar-refractivity contribution is 5.07. The lowest BCUT2D eigenvalue weighted by atomic mass is 9.98. The molecule has 2 unspecified atom stereocenters. The highest BCUT2D eigenvalue weighted by atomic mass is 15.3. The van der Waals surface area contributed by atoms with Crippen LogP contribution in [0.3, 0.4) is 0 Å². The number of piperazine rings is 1. The molecule has 2 aliphatic heterocycles. The van der Waals surface area contributed by atoms with E-state index < -0.39 is 0 Å². The van der Waals surface area contributed by atoms with Crippen LogP contribution in [0.1, 0.15) is 37.9 Å². The average Bonchev–Trinajstić information content (AvgIpc) is 2.96. The third kappa shape index (κ3) is 2.62. The zero-order chi connectivity index (χ0) is 13.9. The van der Waals surface area contributed by atoms with Crippen LogP contribution in [0.25, 0.3) is 0 Å². The SMILES string of the molecule is CCn1cncc1C(CN)N1CCN2CCCCC2C1. The molecule has 0 bridgehead atoms. The summed E-state index contributed by atoms with van der Waals surface area (Å²) in [6.45, 7) is 8.59. The molecular formula is C15H27N5. The van der Waals surface area contributed by atoms with Crippen molar-refractivity contribution in [2.45, 2.75) is 44.8 Å². The van der Waals surface area contributed by atoms with Crippen molar-refractivity contribution in [1.29, 1.82) is 0 Å². The number of aromatic nitrogens is 2. The van der Waals surface area contributed by atoms with Crippen molar-refractivity contribution in [2.24, 2.45) is 5.73 Å². The molecule has 5 heteroatoms. The Morgan fingerprint density at radius 3 is 3.05 bits per heavy atom. The number of nitrogens with zero attached hydrogens (tertiary/aromatic N) is 4. The Balaban J connectivity index is 1.73. The first kappa shape index (κ1) is 14.0. The van der Waals surface area contributed by atoms with E-state index >= 15 is 0 Å². The van der Waals surface area contributed by atoms with Crippen LogP contribution in [-0.2, 0) is 6.54 Å². The van der Waals surface area contributed by atoms with Crippen molar-refractivity contribution < 1.29 is 0 Å². The van der Waals surface area contributed by atoms with Gasteiger partial charge in [0.05, 0.1) is 18.1 Å². The lowest BCUT2D eigenvalue weighted by molar-refractivity contribution is 0.0270. The minimum Gasteiger partial charge on any atom is -0.333 e. The summed E-state index contributed by atoms with van der Waals surface area (Å²) in [6.07, 6.45) is 8.03. The molecule has 2 atom stereocenters. The highest BCUT2D eigenvalue weighted by Gasteiger charge is 2.33. The molecule has 20 heavy (non-hydrogen) atoms. The summed E-state index contributed by atoms with van der Waals surface area (Å²) in [5.41, 5.74) is 7.37. The molecule has 3 heterocycles. The number of aryl methyl sites for hydroxylation is 1. The van der Waals surface area contributed by atoms with Gasteiger partial charge in [0.15, 0.2) is 0 Å². The van der Waals surface area contributed by atoms with E-state index in [0.29, 0.717) is 12.6 Å². The predicted molar refractivity (Wildman–Crippen MR) is 80.5 cm³/mol. The van der Waals surface area contributed by atoms with Crippen LogP contribution < -0.4 is 5.73 Å². The Kier molecular flexibility index (Phi) is 4.38. The van der Waals surface area contributed by atoms with Crippen LogP contribution in [-0.4, -0.2) is 58.1 Å². The quantitative estimate of drug-likeness (QED) is 0.894. The van der Waals surface area contributed by atoms with Crippen molar-refractivity contribution in [3.8, 4) is 0 Å². The van der Waals surface area contributed by atoms with Crippen LogP contribution in [0.2, 0.25) is 0 Å². The molecule has 0 saturated carbocycles. The van der Waals surface area contributed by atoms with E-state index in [4.69, 9.17) is 5.73 Å². The first-order valence-electron chi connectivity index (χ1n) is 8.01. The van der Waals surface area contributed by atoms with Gasteiger partial charge in [-0.1, -0.05) is 6.42 Å². The molecule has 0 aromatic carbocycles. The van der Waals surface area contributed by atoms with Crippen molar-refractivity contribution in [3.05, 3.63) is 18.2 Å². The van der Waals surface area contributed by atoms with Gasteiger partial charge in [-0.15, -0.1) is 0 Å². The topological polar surface area (TPSA) is 50.3 Å². The van der Waals surface area contributed by atoms with Crippen LogP contribution in [0.15, 0.2) is 12.5 Å². The van der Waals surface area contributed by atoms with Crippen molar-refractivity contribution in [3.63, 3.8) is 0 Å². The maximum absolute atomic E-state index is 6.09. The molecule has 5 nitrogen and oxygen atoms in total. The molecule has 2 aliphatic rings. The van der Waals surface area contributed by atoms with Gasteiger partial charge in [0.2, 0.25) is 0 Å². The maximum atomic E-state index is 6.09. The van der Waals surface area contributed by atoms with Crippen LogP contribution in [0.5, 0.6) is 0 Å². The Bertz CT molecular complexity index is 430. The molecule has 0 radical (unpaired) electrons. The Morgan fingerprint density at radius 1 is 1.35 bits per heavy atom.